The van der Waals surface area contributed by atoms with E-state index in [1.54, 1.807) is 0 Å². The number of rotatable bonds is 4. The molecule has 0 heterocycles. The summed E-state index contributed by atoms with van der Waals surface area (Å²) in [5.74, 6) is 0. The van der Waals surface area contributed by atoms with Crippen LogP contribution in [-0.4, -0.2) is 6.03 Å². The van der Waals surface area contributed by atoms with Gasteiger partial charge in [-0.15, -0.1) is 0 Å². The van der Waals surface area contributed by atoms with Crippen LogP contribution in [0.1, 0.15) is 23.1 Å². The normalized spacial score (nSPS) is 11.7. The van der Waals surface area contributed by atoms with E-state index < -0.39 is 0 Å². The standard InChI is InChI=1S/C26H20N4O/c27-15-22(16-28)25-13-9-21-14-20(8-12-24(21)25)19-6-10-23(11-7-19)30-26(31)29-17-18-4-2-1-3-5-18/h1-8,10-12,14H,9,13,17H2,(H2,29,30,31). The lowest BCUT2D eigenvalue weighted by atomic mass is 9.98. The first kappa shape index (κ1) is 19.9. The molecular weight excluding hydrogens is 384 g/mol. The zero-order chi connectivity index (χ0) is 21.6. The van der Waals surface area contributed by atoms with Crippen molar-refractivity contribution in [3.05, 3.63) is 95.1 Å². The van der Waals surface area contributed by atoms with Gasteiger partial charge in [0.15, 0.2) is 0 Å². The first-order chi connectivity index (χ1) is 15.2. The van der Waals surface area contributed by atoms with Crippen LogP contribution in [0.15, 0.2) is 78.4 Å². The van der Waals surface area contributed by atoms with E-state index in [-0.39, 0.29) is 11.6 Å². The van der Waals surface area contributed by atoms with E-state index in [0.29, 0.717) is 12.2 Å². The number of amides is 2. The number of hydrogen-bond acceptors (Lipinski definition) is 3. The summed E-state index contributed by atoms with van der Waals surface area (Å²) in [6, 6.07) is 27.3. The second-order valence-corrected chi connectivity index (χ2v) is 7.32. The van der Waals surface area contributed by atoms with Crippen LogP contribution in [0.25, 0.3) is 16.7 Å². The summed E-state index contributed by atoms with van der Waals surface area (Å²) in [4.78, 5) is 12.1. The Morgan fingerprint density at radius 2 is 1.58 bits per heavy atom. The summed E-state index contributed by atoms with van der Waals surface area (Å²) in [6.07, 6.45) is 1.54. The largest absolute Gasteiger partial charge is 0.334 e. The summed E-state index contributed by atoms with van der Waals surface area (Å²) < 4.78 is 0. The zero-order valence-corrected chi connectivity index (χ0v) is 16.9. The van der Waals surface area contributed by atoms with Crippen LogP contribution in [-0.2, 0) is 13.0 Å². The van der Waals surface area contributed by atoms with Crippen molar-refractivity contribution in [1.29, 1.82) is 10.5 Å². The van der Waals surface area contributed by atoms with Gasteiger partial charge in [0, 0.05) is 12.2 Å². The summed E-state index contributed by atoms with van der Waals surface area (Å²) in [7, 11) is 0. The molecule has 1 aliphatic rings. The predicted molar refractivity (Wildman–Crippen MR) is 121 cm³/mol. The van der Waals surface area contributed by atoms with Gasteiger partial charge in [0.2, 0.25) is 0 Å². The van der Waals surface area contributed by atoms with Crippen molar-refractivity contribution in [2.75, 3.05) is 5.32 Å². The Hall–Kier alpha value is -4.35. The molecule has 0 unspecified atom stereocenters. The van der Waals surface area contributed by atoms with Crippen molar-refractivity contribution in [3.8, 4) is 23.3 Å². The number of aryl methyl sites for hydroxylation is 1. The van der Waals surface area contributed by atoms with E-state index in [4.69, 9.17) is 10.5 Å². The lowest BCUT2D eigenvalue weighted by Crippen LogP contribution is -2.28. The molecule has 0 fully saturated rings. The number of anilines is 1. The molecule has 150 valence electrons. The molecular formula is C26H20N4O. The number of allylic oxidation sites excluding steroid dienone is 2. The van der Waals surface area contributed by atoms with Gasteiger partial charge in [-0.25, -0.2) is 4.79 Å². The van der Waals surface area contributed by atoms with Crippen molar-refractivity contribution in [1.82, 2.24) is 5.32 Å². The average Bonchev–Trinajstić information content (AvgIpc) is 3.23. The number of carbonyl (C=O) groups is 1. The number of nitrogens with one attached hydrogen (secondary N) is 2. The fourth-order valence-electron chi connectivity index (χ4n) is 3.79. The molecule has 0 aromatic heterocycles. The maximum absolute atomic E-state index is 12.1. The quantitative estimate of drug-likeness (QED) is 0.569. The maximum Gasteiger partial charge on any atom is 0.319 e. The van der Waals surface area contributed by atoms with Crippen molar-refractivity contribution in [2.24, 2.45) is 0 Å². The molecule has 4 rings (SSSR count). The molecule has 2 N–H and O–H groups in total. The minimum absolute atomic E-state index is 0.201. The molecule has 3 aromatic rings. The molecule has 0 saturated heterocycles. The highest BCUT2D eigenvalue weighted by Gasteiger charge is 2.20. The van der Waals surface area contributed by atoms with Crippen molar-refractivity contribution >= 4 is 17.3 Å². The minimum Gasteiger partial charge on any atom is -0.334 e. The predicted octanol–water partition coefficient (Wildman–Crippen LogP) is 5.42. The number of urea groups is 1. The molecule has 0 atom stereocenters. The highest BCUT2D eigenvalue weighted by molar-refractivity contribution is 5.89. The van der Waals surface area contributed by atoms with E-state index in [1.807, 2.05) is 78.9 Å². The Morgan fingerprint density at radius 1 is 0.871 bits per heavy atom. The Bertz CT molecular complexity index is 1210. The number of carbonyl (C=O) groups excluding carboxylic acids is 1. The first-order valence-electron chi connectivity index (χ1n) is 10.0. The van der Waals surface area contributed by atoms with Gasteiger partial charge in [0.1, 0.15) is 17.7 Å². The molecule has 5 heteroatoms. The van der Waals surface area contributed by atoms with Crippen LogP contribution < -0.4 is 10.6 Å². The third-order valence-corrected chi connectivity index (χ3v) is 5.37. The fourth-order valence-corrected chi connectivity index (χ4v) is 3.79. The van der Waals surface area contributed by atoms with Crippen LogP contribution in [0.3, 0.4) is 0 Å². The van der Waals surface area contributed by atoms with Gasteiger partial charge < -0.3 is 10.6 Å². The van der Waals surface area contributed by atoms with Crippen LogP contribution in [0.5, 0.6) is 0 Å². The van der Waals surface area contributed by atoms with E-state index in [9.17, 15) is 4.79 Å². The summed E-state index contributed by atoms with van der Waals surface area (Å²) in [5.41, 5.74) is 7.05. The number of nitrogens with zero attached hydrogens (tertiary/aromatic N) is 2. The van der Waals surface area contributed by atoms with Gasteiger partial charge in [-0.05, 0) is 58.4 Å². The van der Waals surface area contributed by atoms with E-state index in [2.05, 4.69) is 16.7 Å². The van der Waals surface area contributed by atoms with Gasteiger partial charge >= 0.3 is 6.03 Å². The topological polar surface area (TPSA) is 88.7 Å². The second kappa shape index (κ2) is 8.98. The lowest BCUT2D eigenvalue weighted by Gasteiger charge is -2.10. The van der Waals surface area contributed by atoms with Crippen molar-refractivity contribution in [2.45, 2.75) is 19.4 Å². The van der Waals surface area contributed by atoms with Crippen LogP contribution in [0, 0.1) is 22.7 Å². The van der Waals surface area contributed by atoms with E-state index in [0.717, 1.165) is 46.2 Å². The highest BCUT2D eigenvalue weighted by Crippen LogP contribution is 2.36. The Morgan fingerprint density at radius 3 is 2.29 bits per heavy atom. The fraction of sp³-hybridized carbons (Fsp3) is 0.115. The third kappa shape index (κ3) is 4.47. The molecule has 5 nitrogen and oxygen atoms in total. The van der Waals surface area contributed by atoms with Crippen molar-refractivity contribution < 1.29 is 4.79 Å². The molecule has 31 heavy (non-hydrogen) atoms. The smallest absolute Gasteiger partial charge is 0.319 e. The lowest BCUT2D eigenvalue weighted by molar-refractivity contribution is 0.251. The molecule has 0 saturated carbocycles. The Kier molecular flexibility index (Phi) is 5.78. The first-order valence-corrected chi connectivity index (χ1v) is 10.0. The van der Waals surface area contributed by atoms with Gasteiger partial charge in [-0.3, -0.25) is 0 Å². The van der Waals surface area contributed by atoms with Crippen LogP contribution in [0.4, 0.5) is 10.5 Å². The van der Waals surface area contributed by atoms with E-state index >= 15 is 0 Å². The zero-order valence-electron chi connectivity index (χ0n) is 16.9. The number of hydrogen-bond donors (Lipinski definition) is 2. The monoisotopic (exact) mass is 404 g/mol. The van der Waals surface area contributed by atoms with Crippen molar-refractivity contribution in [3.63, 3.8) is 0 Å². The number of fused-ring (bicyclic) bond motifs is 1. The minimum atomic E-state index is -0.251. The molecule has 0 bridgehead atoms. The summed E-state index contributed by atoms with van der Waals surface area (Å²) in [5, 5.41) is 24.0. The maximum atomic E-state index is 12.1. The summed E-state index contributed by atoms with van der Waals surface area (Å²) >= 11 is 0. The van der Waals surface area contributed by atoms with E-state index in [1.165, 1.54) is 0 Å². The van der Waals surface area contributed by atoms with Gasteiger partial charge in [0.25, 0.3) is 0 Å². The molecule has 3 aromatic carbocycles. The third-order valence-electron chi connectivity index (χ3n) is 5.37. The molecule has 0 aliphatic heterocycles. The van der Waals surface area contributed by atoms with Gasteiger partial charge in [0.05, 0.1) is 0 Å². The van der Waals surface area contributed by atoms with Gasteiger partial charge in [-0.1, -0.05) is 60.7 Å². The second-order valence-electron chi connectivity index (χ2n) is 7.32. The number of benzene rings is 3. The van der Waals surface area contributed by atoms with Gasteiger partial charge in [-0.2, -0.15) is 10.5 Å². The average molecular weight is 404 g/mol. The Balaban J connectivity index is 1.43. The van der Waals surface area contributed by atoms with Crippen LogP contribution >= 0.6 is 0 Å². The molecule has 0 radical (unpaired) electrons. The highest BCUT2D eigenvalue weighted by atomic mass is 16.2. The molecule has 2 amide bonds. The summed E-state index contributed by atoms with van der Waals surface area (Å²) in [6.45, 7) is 0.468. The van der Waals surface area contributed by atoms with Crippen LogP contribution in [0.2, 0.25) is 0 Å². The molecule has 0 spiro atoms. The Labute approximate surface area is 181 Å². The SMILES string of the molecule is N#CC(C#N)=C1CCc2cc(-c3ccc(NC(=O)NCc4ccccc4)cc3)ccc21. The number of nitriles is 2. The molecule has 1 aliphatic carbocycles.